The summed E-state index contributed by atoms with van der Waals surface area (Å²) in [5.41, 5.74) is 0.700. The number of rotatable bonds is 4. The minimum Gasteiger partial charge on any atom is -0.480 e. The first-order valence-corrected chi connectivity index (χ1v) is 4.81. The number of carbonyl (C=O) groups is 3. The number of hydrogen-bond acceptors (Lipinski definition) is 3. The van der Waals surface area contributed by atoms with Gasteiger partial charge in [-0.05, 0) is 5.56 Å². The molecule has 6 nitrogen and oxygen atoms in total. The molecule has 0 aliphatic carbocycles. The first kappa shape index (κ1) is 12.7. The van der Waals surface area contributed by atoms with Crippen molar-refractivity contribution in [1.29, 1.82) is 0 Å². The summed E-state index contributed by atoms with van der Waals surface area (Å²) in [4.78, 5) is 32.0. The van der Waals surface area contributed by atoms with Crippen LogP contribution in [-0.2, 0) is 20.8 Å². The van der Waals surface area contributed by atoms with Gasteiger partial charge in [0.1, 0.15) is 6.04 Å². The molecule has 0 aliphatic rings. The number of carbonyl (C=O) groups excluding carboxylic acids is 1. The first-order chi connectivity index (χ1) is 8.00. The molecule has 1 amide bonds. The van der Waals surface area contributed by atoms with Gasteiger partial charge in [0.15, 0.2) is 0 Å². The Morgan fingerprint density at radius 3 is 2.18 bits per heavy atom. The van der Waals surface area contributed by atoms with E-state index in [2.05, 4.69) is 0 Å². The van der Waals surface area contributed by atoms with Crippen LogP contribution in [0.2, 0.25) is 0 Å². The van der Waals surface area contributed by atoms with E-state index in [-0.39, 0.29) is 6.42 Å². The molecular weight excluding hydrogens is 226 g/mol. The molecule has 1 aromatic carbocycles. The maximum atomic E-state index is 10.9. The average molecular weight is 237 g/mol. The second-order valence-electron chi connectivity index (χ2n) is 3.36. The molecule has 0 aromatic heterocycles. The second-order valence-corrected chi connectivity index (χ2v) is 3.36. The Labute approximate surface area is 96.9 Å². The molecule has 0 heterocycles. The van der Waals surface area contributed by atoms with Crippen LogP contribution in [0.5, 0.6) is 0 Å². The Morgan fingerprint density at radius 2 is 1.71 bits per heavy atom. The number of aliphatic carboxylic acids is 2. The number of benzene rings is 1. The van der Waals surface area contributed by atoms with Crippen molar-refractivity contribution in [2.75, 3.05) is 0 Å². The summed E-state index contributed by atoms with van der Waals surface area (Å²) in [6.07, 6.45) is 0.0369. The van der Waals surface area contributed by atoms with Crippen molar-refractivity contribution < 1.29 is 24.6 Å². The van der Waals surface area contributed by atoms with Crippen LogP contribution in [0.1, 0.15) is 5.56 Å². The minimum absolute atomic E-state index is 0.0369. The smallest absolute Gasteiger partial charge is 0.394 e. The minimum atomic E-state index is -1.70. The van der Waals surface area contributed by atoms with E-state index in [4.69, 9.17) is 10.2 Å². The van der Waals surface area contributed by atoms with Crippen LogP contribution in [-0.4, -0.2) is 34.1 Å². The molecule has 1 rings (SSSR count). The van der Waals surface area contributed by atoms with Crippen molar-refractivity contribution in [3.05, 3.63) is 35.9 Å². The van der Waals surface area contributed by atoms with E-state index in [1.807, 2.05) is 5.32 Å². The summed E-state index contributed by atoms with van der Waals surface area (Å²) in [5.74, 6) is -4.30. The molecule has 3 N–H and O–H groups in total. The van der Waals surface area contributed by atoms with E-state index in [0.717, 1.165) is 0 Å². The highest BCUT2D eigenvalue weighted by Crippen LogP contribution is 2.03. The van der Waals surface area contributed by atoms with Gasteiger partial charge in [-0.2, -0.15) is 0 Å². The number of carboxylic acid groups (broad SMARTS) is 2. The van der Waals surface area contributed by atoms with E-state index in [0.29, 0.717) is 5.56 Å². The van der Waals surface area contributed by atoms with Gasteiger partial charge >= 0.3 is 17.8 Å². The molecule has 90 valence electrons. The van der Waals surface area contributed by atoms with Gasteiger partial charge in [0, 0.05) is 6.42 Å². The zero-order valence-corrected chi connectivity index (χ0v) is 8.79. The molecule has 0 fully saturated rings. The fourth-order valence-electron chi connectivity index (χ4n) is 1.27. The quantitative estimate of drug-likeness (QED) is 0.633. The van der Waals surface area contributed by atoms with Crippen LogP contribution in [0, 0.1) is 0 Å². The summed E-state index contributed by atoms with van der Waals surface area (Å²) in [6, 6.07) is 7.38. The lowest BCUT2D eigenvalue weighted by molar-refractivity contribution is -0.152. The highest BCUT2D eigenvalue weighted by atomic mass is 16.4. The van der Waals surface area contributed by atoms with E-state index >= 15 is 0 Å². The van der Waals surface area contributed by atoms with Crippen LogP contribution >= 0.6 is 0 Å². The highest BCUT2D eigenvalue weighted by molar-refractivity contribution is 6.31. The number of nitrogens with one attached hydrogen (secondary N) is 1. The maximum absolute atomic E-state index is 10.9. The predicted molar refractivity (Wildman–Crippen MR) is 57.3 cm³/mol. The van der Waals surface area contributed by atoms with Crippen molar-refractivity contribution in [3.63, 3.8) is 0 Å². The van der Waals surface area contributed by atoms with E-state index in [1.165, 1.54) is 0 Å². The largest absolute Gasteiger partial charge is 0.480 e. The molecule has 0 saturated carbocycles. The van der Waals surface area contributed by atoms with E-state index < -0.39 is 23.9 Å². The number of hydrogen-bond donors (Lipinski definition) is 3. The standard InChI is InChI=1S/C11H11NO5/c13-9(11(16)17)12-8(10(14)15)6-7-4-2-1-3-5-7/h1-5,8H,6H2,(H,12,13)(H,14,15)(H,16,17)/t8-/m0/s1. The molecule has 0 saturated heterocycles. The van der Waals surface area contributed by atoms with E-state index in [1.54, 1.807) is 30.3 Å². The Bertz CT molecular complexity index is 429. The van der Waals surface area contributed by atoms with Gasteiger partial charge in [0.25, 0.3) is 0 Å². The van der Waals surface area contributed by atoms with Crippen molar-refractivity contribution in [2.45, 2.75) is 12.5 Å². The molecule has 6 heteroatoms. The predicted octanol–water partition coefficient (Wildman–Crippen LogP) is -0.117. The molecule has 1 aromatic rings. The fourth-order valence-corrected chi connectivity index (χ4v) is 1.27. The molecule has 0 spiro atoms. The highest BCUT2D eigenvalue weighted by Gasteiger charge is 2.23. The molecule has 0 aliphatic heterocycles. The Kier molecular flexibility index (Phi) is 4.21. The Balaban J connectivity index is 2.71. The van der Waals surface area contributed by atoms with Crippen molar-refractivity contribution >= 4 is 17.8 Å². The second kappa shape index (κ2) is 5.64. The van der Waals surface area contributed by atoms with Crippen molar-refractivity contribution in [3.8, 4) is 0 Å². The molecule has 0 bridgehead atoms. The molecule has 0 radical (unpaired) electrons. The Morgan fingerprint density at radius 1 is 1.12 bits per heavy atom. The topological polar surface area (TPSA) is 104 Å². The van der Waals surface area contributed by atoms with E-state index in [9.17, 15) is 14.4 Å². The van der Waals surface area contributed by atoms with Gasteiger partial charge in [-0.15, -0.1) is 0 Å². The number of carboxylic acids is 2. The lowest BCUT2D eigenvalue weighted by atomic mass is 10.1. The zero-order chi connectivity index (χ0) is 12.8. The Hall–Kier alpha value is -2.37. The summed E-state index contributed by atoms with van der Waals surface area (Å²) in [6.45, 7) is 0. The van der Waals surface area contributed by atoms with Crippen LogP contribution in [0.3, 0.4) is 0 Å². The molecular formula is C11H11NO5. The number of amides is 1. The zero-order valence-electron chi connectivity index (χ0n) is 8.79. The van der Waals surface area contributed by atoms with Crippen LogP contribution < -0.4 is 5.32 Å². The third kappa shape index (κ3) is 3.94. The third-order valence-electron chi connectivity index (χ3n) is 2.08. The van der Waals surface area contributed by atoms with Gasteiger partial charge in [0.2, 0.25) is 0 Å². The molecule has 1 atom stereocenters. The van der Waals surface area contributed by atoms with Crippen LogP contribution in [0.15, 0.2) is 30.3 Å². The van der Waals surface area contributed by atoms with Crippen LogP contribution in [0.25, 0.3) is 0 Å². The monoisotopic (exact) mass is 237 g/mol. The third-order valence-corrected chi connectivity index (χ3v) is 2.08. The average Bonchev–Trinajstić information content (AvgIpc) is 2.29. The summed E-state index contributed by atoms with van der Waals surface area (Å²) in [5, 5.41) is 19.2. The van der Waals surface area contributed by atoms with Gasteiger partial charge in [-0.3, -0.25) is 4.79 Å². The van der Waals surface area contributed by atoms with Gasteiger partial charge < -0.3 is 15.5 Å². The van der Waals surface area contributed by atoms with Gasteiger partial charge in [-0.1, -0.05) is 30.3 Å². The van der Waals surface area contributed by atoms with Crippen molar-refractivity contribution in [1.82, 2.24) is 5.32 Å². The van der Waals surface area contributed by atoms with Crippen LogP contribution in [0.4, 0.5) is 0 Å². The normalized spacial score (nSPS) is 11.5. The SMILES string of the molecule is O=C(O)C(=O)N[C@@H](Cc1ccccc1)C(=O)O. The molecule has 0 unspecified atom stereocenters. The lowest BCUT2D eigenvalue weighted by Crippen LogP contribution is -2.45. The fraction of sp³-hybridized carbons (Fsp3) is 0.182. The summed E-state index contributed by atoms with van der Waals surface area (Å²) < 4.78 is 0. The lowest BCUT2D eigenvalue weighted by Gasteiger charge is -2.12. The first-order valence-electron chi connectivity index (χ1n) is 4.81. The summed E-state index contributed by atoms with van der Waals surface area (Å²) in [7, 11) is 0. The molecule has 17 heavy (non-hydrogen) atoms. The summed E-state index contributed by atoms with van der Waals surface area (Å²) >= 11 is 0. The van der Waals surface area contributed by atoms with Gasteiger partial charge in [-0.25, -0.2) is 9.59 Å². The van der Waals surface area contributed by atoms with Crippen molar-refractivity contribution in [2.24, 2.45) is 0 Å². The maximum Gasteiger partial charge on any atom is 0.394 e. The van der Waals surface area contributed by atoms with Gasteiger partial charge in [0.05, 0.1) is 0 Å².